The highest BCUT2D eigenvalue weighted by molar-refractivity contribution is 7.99. The van der Waals surface area contributed by atoms with Gasteiger partial charge in [0.25, 0.3) is 0 Å². The van der Waals surface area contributed by atoms with Gasteiger partial charge in [0.15, 0.2) is 12.5 Å². The van der Waals surface area contributed by atoms with Gasteiger partial charge < -0.3 is 14.4 Å². The highest BCUT2D eigenvalue weighted by atomic mass is 35.5. The predicted molar refractivity (Wildman–Crippen MR) is 97.7 cm³/mol. The molecule has 1 aliphatic heterocycles. The van der Waals surface area contributed by atoms with Gasteiger partial charge in [0, 0.05) is 11.8 Å². The van der Waals surface area contributed by atoms with Crippen LogP contribution in [-0.4, -0.2) is 24.5 Å². The Balaban J connectivity index is 1.69. The monoisotopic (exact) mass is 397 g/mol. The van der Waals surface area contributed by atoms with Crippen molar-refractivity contribution in [3.8, 4) is 5.75 Å². The van der Waals surface area contributed by atoms with Crippen molar-refractivity contribution in [3.05, 3.63) is 52.0 Å². The number of hydrogen-bond donors (Lipinski definition) is 0. The van der Waals surface area contributed by atoms with Crippen LogP contribution in [0.4, 0.5) is 5.69 Å². The van der Waals surface area contributed by atoms with Crippen LogP contribution in [-0.2, 0) is 9.53 Å². The fourth-order valence-corrected chi connectivity index (χ4v) is 3.90. The zero-order chi connectivity index (χ0) is 18.0. The molecule has 0 radical (unpaired) electrons. The number of benzene rings is 2. The number of esters is 2. The van der Waals surface area contributed by atoms with E-state index in [4.69, 9.17) is 32.7 Å². The average molecular weight is 398 g/mol. The third kappa shape index (κ3) is 4.03. The molecular formula is C17H13Cl2NO4S. The zero-order valence-corrected chi connectivity index (χ0v) is 15.5. The Morgan fingerprint density at radius 2 is 1.88 bits per heavy atom. The fraction of sp³-hybridized carbons (Fsp3) is 0.176. The molecule has 5 nitrogen and oxygen atoms in total. The Morgan fingerprint density at radius 1 is 1.20 bits per heavy atom. The number of fused-ring (bicyclic) bond motifs is 1. The van der Waals surface area contributed by atoms with Crippen molar-refractivity contribution in [2.24, 2.45) is 0 Å². The quantitative estimate of drug-likeness (QED) is 0.554. The summed E-state index contributed by atoms with van der Waals surface area (Å²) in [5.74, 6) is -0.381. The molecule has 1 heterocycles. The molecule has 130 valence electrons. The molecule has 0 atom stereocenters. The van der Waals surface area contributed by atoms with Crippen molar-refractivity contribution in [2.45, 2.75) is 11.8 Å². The first-order chi connectivity index (χ1) is 12.0. The minimum absolute atomic E-state index is 0.0252. The summed E-state index contributed by atoms with van der Waals surface area (Å²) in [6, 6.07) is 10.6. The molecule has 2 aromatic rings. The normalized spacial score (nSPS) is 12.7. The largest absolute Gasteiger partial charge is 0.441 e. The fourth-order valence-electron chi connectivity index (χ4n) is 2.30. The first kappa shape index (κ1) is 17.9. The number of thioether (sulfide) groups is 1. The number of nitrogens with zero attached hydrogens (tertiary/aromatic N) is 1. The molecule has 3 rings (SSSR count). The third-order valence-corrected chi connectivity index (χ3v) is 5.07. The van der Waals surface area contributed by atoms with Crippen molar-refractivity contribution in [2.75, 3.05) is 17.5 Å². The van der Waals surface area contributed by atoms with Gasteiger partial charge in [0.05, 0.1) is 27.2 Å². The zero-order valence-electron chi connectivity index (χ0n) is 13.1. The van der Waals surface area contributed by atoms with Gasteiger partial charge in [-0.1, -0.05) is 35.3 Å². The summed E-state index contributed by atoms with van der Waals surface area (Å²) in [4.78, 5) is 26.4. The second kappa shape index (κ2) is 7.56. The van der Waals surface area contributed by atoms with Crippen molar-refractivity contribution >= 4 is 52.6 Å². The van der Waals surface area contributed by atoms with E-state index in [2.05, 4.69) is 0 Å². The standard InChI is InChI=1S/C17H13Cl2NO4S/c1-10(21)24-16-12(18)6-11(7-13(16)19)17(22)23-8-20-9-25-15-5-3-2-4-14(15)20/h2-7H,8-9H2,1H3. The lowest BCUT2D eigenvalue weighted by atomic mass is 10.2. The summed E-state index contributed by atoms with van der Waals surface area (Å²) in [6.07, 6.45) is 0. The Bertz CT molecular complexity index is 820. The average Bonchev–Trinajstić information content (AvgIpc) is 2.99. The second-order valence-electron chi connectivity index (χ2n) is 5.20. The SMILES string of the molecule is CC(=O)Oc1c(Cl)cc(C(=O)OCN2CSc3ccccc32)cc1Cl. The number of carbonyl (C=O) groups is 2. The third-order valence-electron chi connectivity index (χ3n) is 3.41. The summed E-state index contributed by atoms with van der Waals surface area (Å²) < 4.78 is 10.3. The molecule has 0 unspecified atom stereocenters. The lowest BCUT2D eigenvalue weighted by molar-refractivity contribution is -0.131. The molecule has 0 fully saturated rings. The van der Waals surface area contributed by atoms with Crippen LogP contribution in [0.5, 0.6) is 5.75 Å². The van der Waals surface area contributed by atoms with E-state index >= 15 is 0 Å². The molecule has 1 aliphatic rings. The van der Waals surface area contributed by atoms with E-state index in [-0.39, 0.29) is 28.1 Å². The number of hydrogen-bond acceptors (Lipinski definition) is 6. The molecule has 8 heteroatoms. The van der Waals surface area contributed by atoms with Crippen LogP contribution in [0.1, 0.15) is 17.3 Å². The Kier molecular flexibility index (Phi) is 5.42. The van der Waals surface area contributed by atoms with E-state index in [0.29, 0.717) is 5.88 Å². The summed E-state index contributed by atoms with van der Waals surface area (Å²) >= 11 is 13.7. The summed E-state index contributed by atoms with van der Waals surface area (Å²) in [5, 5.41) is 0.133. The molecule has 2 aromatic carbocycles. The van der Waals surface area contributed by atoms with Crippen molar-refractivity contribution in [3.63, 3.8) is 0 Å². The molecule has 0 saturated heterocycles. The van der Waals surface area contributed by atoms with Gasteiger partial charge in [-0.3, -0.25) is 4.79 Å². The molecular weight excluding hydrogens is 385 g/mol. The van der Waals surface area contributed by atoms with E-state index in [9.17, 15) is 9.59 Å². The lowest BCUT2D eigenvalue weighted by Crippen LogP contribution is -2.25. The van der Waals surface area contributed by atoms with Gasteiger partial charge >= 0.3 is 11.9 Å². The smallest absolute Gasteiger partial charge is 0.339 e. The maximum atomic E-state index is 12.3. The van der Waals surface area contributed by atoms with Crippen molar-refractivity contribution in [1.82, 2.24) is 0 Å². The van der Waals surface area contributed by atoms with Gasteiger partial charge in [-0.05, 0) is 24.3 Å². The van der Waals surface area contributed by atoms with Crippen LogP contribution < -0.4 is 9.64 Å². The molecule has 0 saturated carbocycles. The summed E-state index contributed by atoms with van der Waals surface area (Å²) in [7, 11) is 0. The topological polar surface area (TPSA) is 55.8 Å². The highest BCUT2D eigenvalue weighted by Crippen LogP contribution is 2.38. The van der Waals surface area contributed by atoms with Crippen LogP contribution in [0, 0.1) is 0 Å². The van der Waals surface area contributed by atoms with Gasteiger partial charge in [0.1, 0.15) is 0 Å². The first-order valence-electron chi connectivity index (χ1n) is 7.27. The first-order valence-corrected chi connectivity index (χ1v) is 9.01. The highest BCUT2D eigenvalue weighted by Gasteiger charge is 2.21. The van der Waals surface area contributed by atoms with Crippen LogP contribution in [0.25, 0.3) is 0 Å². The molecule has 25 heavy (non-hydrogen) atoms. The Hall–Kier alpha value is -1.89. The molecule has 0 N–H and O–H groups in total. The summed E-state index contributed by atoms with van der Waals surface area (Å²) in [5.41, 5.74) is 1.22. The number of anilines is 1. The van der Waals surface area contributed by atoms with E-state index in [1.807, 2.05) is 29.2 Å². The summed E-state index contributed by atoms with van der Waals surface area (Å²) in [6.45, 7) is 1.35. The lowest BCUT2D eigenvalue weighted by Gasteiger charge is -2.18. The van der Waals surface area contributed by atoms with Crippen LogP contribution in [0.2, 0.25) is 10.0 Å². The second-order valence-corrected chi connectivity index (χ2v) is 7.01. The maximum absolute atomic E-state index is 12.3. The predicted octanol–water partition coefficient (Wildman–Crippen LogP) is 4.60. The van der Waals surface area contributed by atoms with Crippen molar-refractivity contribution < 1.29 is 19.1 Å². The minimum Gasteiger partial charge on any atom is -0.441 e. The molecule has 0 bridgehead atoms. The van der Waals surface area contributed by atoms with Crippen LogP contribution in [0.3, 0.4) is 0 Å². The minimum atomic E-state index is -0.562. The molecule has 0 aromatic heterocycles. The Labute approximate surface area is 158 Å². The van der Waals surface area contributed by atoms with Gasteiger partial charge in [-0.15, -0.1) is 11.8 Å². The van der Waals surface area contributed by atoms with E-state index in [1.165, 1.54) is 19.1 Å². The van der Waals surface area contributed by atoms with Gasteiger partial charge in [-0.25, -0.2) is 4.79 Å². The van der Waals surface area contributed by atoms with E-state index in [0.717, 1.165) is 10.6 Å². The van der Waals surface area contributed by atoms with E-state index in [1.54, 1.807) is 11.8 Å². The van der Waals surface area contributed by atoms with Crippen LogP contribution in [0.15, 0.2) is 41.3 Å². The number of ether oxygens (including phenoxy) is 2. The van der Waals surface area contributed by atoms with Gasteiger partial charge in [-0.2, -0.15) is 0 Å². The number of para-hydroxylation sites is 1. The number of rotatable bonds is 4. The maximum Gasteiger partial charge on any atom is 0.339 e. The molecule has 0 spiro atoms. The molecule has 0 aliphatic carbocycles. The van der Waals surface area contributed by atoms with E-state index < -0.39 is 11.9 Å². The number of carbonyl (C=O) groups excluding carboxylic acids is 2. The van der Waals surface area contributed by atoms with Gasteiger partial charge in [0.2, 0.25) is 0 Å². The number of halogens is 2. The van der Waals surface area contributed by atoms with Crippen LogP contribution >= 0.6 is 35.0 Å². The molecule has 0 amide bonds. The Morgan fingerprint density at radius 3 is 2.56 bits per heavy atom. The van der Waals surface area contributed by atoms with Crippen molar-refractivity contribution in [1.29, 1.82) is 0 Å².